The van der Waals surface area contributed by atoms with Gasteiger partial charge in [0.05, 0.1) is 22.0 Å². The van der Waals surface area contributed by atoms with Gasteiger partial charge in [0, 0.05) is 18.1 Å². The van der Waals surface area contributed by atoms with Crippen molar-refractivity contribution in [3.63, 3.8) is 0 Å². The van der Waals surface area contributed by atoms with Crippen molar-refractivity contribution in [2.45, 2.75) is 29.4 Å². The number of nitrogens with zero attached hydrogens (tertiary/aromatic N) is 4. The molecular formula is C21H19ClN4O2S. The van der Waals surface area contributed by atoms with Crippen LogP contribution in [0.3, 0.4) is 0 Å². The summed E-state index contributed by atoms with van der Waals surface area (Å²) < 4.78 is 26.6. The van der Waals surface area contributed by atoms with Gasteiger partial charge in [0.15, 0.2) is 11.1 Å². The topological polar surface area (TPSA) is 86.9 Å². The van der Waals surface area contributed by atoms with Crippen LogP contribution >= 0.6 is 11.6 Å². The van der Waals surface area contributed by atoms with Crippen LogP contribution in [-0.4, -0.2) is 31.5 Å². The molecule has 0 saturated carbocycles. The molecule has 1 aliphatic heterocycles. The van der Waals surface area contributed by atoms with Gasteiger partial charge in [0.25, 0.3) is 0 Å². The predicted molar refractivity (Wildman–Crippen MR) is 113 cm³/mol. The van der Waals surface area contributed by atoms with Crippen LogP contribution in [0.15, 0.2) is 53.4 Å². The monoisotopic (exact) mass is 426 g/mol. The molecule has 0 spiro atoms. The summed E-state index contributed by atoms with van der Waals surface area (Å²) in [5.74, 6) is 0.473. The highest BCUT2D eigenvalue weighted by Crippen LogP contribution is 2.35. The van der Waals surface area contributed by atoms with Gasteiger partial charge < -0.3 is 4.90 Å². The molecule has 0 aliphatic carbocycles. The van der Waals surface area contributed by atoms with Gasteiger partial charge in [-0.15, -0.1) is 0 Å². The van der Waals surface area contributed by atoms with Crippen molar-refractivity contribution in [1.29, 1.82) is 5.26 Å². The van der Waals surface area contributed by atoms with Crippen molar-refractivity contribution < 1.29 is 8.42 Å². The lowest BCUT2D eigenvalue weighted by atomic mass is 10.1. The number of hydrogen-bond donors (Lipinski definition) is 0. The third-order valence-corrected chi connectivity index (χ3v) is 7.13. The number of para-hydroxylation sites is 2. The van der Waals surface area contributed by atoms with E-state index in [-0.39, 0.29) is 10.6 Å². The number of rotatable bonds is 4. The van der Waals surface area contributed by atoms with Crippen molar-refractivity contribution in [2.75, 3.05) is 18.0 Å². The molecule has 29 heavy (non-hydrogen) atoms. The Morgan fingerprint density at radius 3 is 2.34 bits per heavy atom. The van der Waals surface area contributed by atoms with Gasteiger partial charge >= 0.3 is 0 Å². The second-order valence-electron chi connectivity index (χ2n) is 6.98. The molecule has 2 aromatic carbocycles. The molecule has 1 aliphatic rings. The van der Waals surface area contributed by atoms with Gasteiger partial charge in [-0.25, -0.2) is 18.4 Å². The molecule has 1 fully saturated rings. The fourth-order valence-corrected chi connectivity index (χ4v) is 5.25. The standard InChI is InChI=1S/C21H19ClN4O2S/c22-15-7-6-8-16(13-15)29(27,28)19(14-23)20-21(26-11-4-1-5-12-26)25-18-10-3-2-9-17(18)24-20/h2-3,6-10,13,19H,1,4-5,11-12H2/t19-/m1/s1. The summed E-state index contributed by atoms with van der Waals surface area (Å²) in [6.45, 7) is 1.52. The number of hydrogen-bond acceptors (Lipinski definition) is 6. The molecule has 148 valence electrons. The summed E-state index contributed by atoms with van der Waals surface area (Å²) in [5, 5.41) is 8.71. The maximum absolute atomic E-state index is 13.3. The van der Waals surface area contributed by atoms with Crippen molar-refractivity contribution in [3.8, 4) is 6.07 Å². The number of aromatic nitrogens is 2. The third-order valence-electron chi connectivity index (χ3n) is 5.03. The van der Waals surface area contributed by atoms with Crippen molar-refractivity contribution in [2.24, 2.45) is 0 Å². The summed E-state index contributed by atoms with van der Waals surface area (Å²) in [6.07, 6.45) is 3.10. The first-order valence-corrected chi connectivity index (χ1v) is 11.3. The Morgan fingerprint density at radius 2 is 1.69 bits per heavy atom. The minimum atomic E-state index is -4.03. The summed E-state index contributed by atoms with van der Waals surface area (Å²) in [5.41, 5.74) is 1.41. The number of fused-ring (bicyclic) bond motifs is 1. The fraction of sp³-hybridized carbons (Fsp3) is 0.286. The normalized spacial score (nSPS) is 15.8. The average molecular weight is 427 g/mol. The molecule has 0 radical (unpaired) electrons. The molecule has 8 heteroatoms. The Labute approximate surface area is 174 Å². The summed E-state index contributed by atoms with van der Waals surface area (Å²) in [6, 6.07) is 15.2. The number of piperidine rings is 1. The molecule has 0 bridgehead atoms. The lowest BCUT2D eigenvalue weighted by molar-refractivity contribution is 0.569. The Morgan fingerprint density at radius 1 is 1.00 bits per heavy atom. The molecule has 2 heterocycles. The van der Waals surface area contributed by atoms with E-state index in [1.54, 1.807) is 18.2 Å². The van der Waals surface area contributed by atoms with Crippen molar-refractivity contribution in [3.05, 3.63) is 59.2 Å². The zero-order valence-electron chi connectivity index (χ0n) is 15.6. The molecule has 4 rings (SSSR count). The lowest BCUT2D eigenvalue weighted by Gasteiger charge is -2.30. The minimum absolute atomic E-state index is 0.00361. The zero-order chi connectivity index (χ0) is 20.4. The van der Waals surface area contributed by atoms with Crippen LogP contribution in [0.4, 0.5) is 5.82 Å². The SMILES string of the molecule is N#C[C@H](c1nc2ccccc2nc1N1CCCCC1)S(=O)(=O)c1cccc(Cl)c1. The number of benzene rings is 2. The highest BCUT2D eigenvalue weighted by Gasteiger charge is 2.35. The van der Waals surface area contributed by atoms with E-state index in [2.05, 4.69) is 4.98 Å². The van der Waals surface area contributed by atoms with Gasteiger partial charge in [-0.3, -0.25) is 0 Å². The van der Waals surface area contributed by atoms with Crippen LogP contribution in [-0.2, 0) is 9.84 Å². The first kappa shape index (κ1) is 19.6. The highest BCUT2D eigenvalue weighted by molar-refractivity contribution is 7.92. The van der Waals surface area contributed by atoms with Crippen LogP contribution in [0.25, 0.3) is 11.0 Å². The molecule has 1 saturated heterocycles. The summed E-state index contributed by atoms with van der Waals surface area (Å²) in [4.78, 5) is 11.3. The zero-order valence-corrected chi connectivity index (χ0v) is 17.2. The van der Waals surface area contributed by atoms with E-state index >= 15 is 0 Å². The van der Waals surface area contributed by atoms with E-state index in [1.807, 2.05) is 29.2 Å². The van der Waals surface area contributed by atoms with Crippen LogP contribution in [0.5, 0.6) is 0 Å². The van der Waals surface area contributed by atoms with E-state index in [0.717, 1.165) is 32.4 Å². The number of anilines is 1. The van der Waals surface area contributed by atoms with Gasteiger partial charge in [0.2, 0.25) is 9.84 Å². The second-order valence-corrected chi connectivity index (χ2v) is 9.45. The Hall–Kier alpha value is -2.69. The van der Waals surface area contributed by atoms with E-state index in [1.165, 1.54) is 12.1 Å². The largest absolute Gasteiger partial charge is 0.355 e. The first-order chi connectivity index (χ1) is 14.0. The highest BCUT2D eigenvalue weighted by atomic mass is 35.5. The second kappa shape index (κ2) is 7.97. The smallest absolute Gasteiger partial charge is 0.200 e. The Kier molecular flexibility index (Phi) is 5.39. The average Bonchev–Trinajstić information content (AvgIpc) is 2.74. The van der Waals surface area contributed by atoms with Gasteiger partial charge in [0.1, 0.15) is 5.69 Å². The van der Waals surface area contributed by atoms with Crippen LogP contribution in [0.2, 0.25) is 5.02 Å². The quantitative estimate of drug-likeness (QED) is 0.617. The maximum Gasteiger partial charge on any atom is 0.200 e. The summed E-state index contributed by atoms with van der Waals surface area (Å²) >= 11 is 5.99. The number of sulfone groups is 1. The fourth-order valence-electron chi connectivity index (χ4n) is 3.58. The minimum Gasteiger partial charge on any atom is -0.355 e. The molecule has 3 aromatic rings. The lowest BCUT2D eigenvalue weighted by Crippen LogP contribution is -2.32. The number of halogens is 1. The molecular weight excluding hydrogens is 408 g/mol. The van der Waals surface area contributed by atoms with Crippen LogP contribution < -0.4 is 4.90 Å². The van der Waals surface area contributed by atoms with Gasteiger partial charge in [-0.1, -0.05) is 29.8 Å². The van der Waals surface area contributed by atoms with E-state index in [9.17, 15) is 13.7 Å². The molecule has 6 nitrogen and oxygen atoms in total. The van der Waals surface area contributed by atoms with E-state index in [0.29, 0.717) is 21.9 Å². The first-order valence-electron chi connectivity index (χ1n) is 9.41. The van der Waals surface area contributed by atoms with Crippen molar-refractivity contribution >= 4 is 38.3 Å². The maximum atomic E-state index is 13.3. The number of nitriles is 1. The molecule has 1 atom stereocenters. The van der Waals surface area contributed by atoms with E-state index in [4.69, 9.17) is 16.6 Å². The van der Waals surface area contributed by atoms with Gasteiger partial charge in [-0.2, -0.15) is 5.26 Å². The van der Waals surface area contributed by atoms with Crippen LogP contribution in [0.1, 0.15) is 30.2 Å². The van der Waals surface area contributed by atoms with Gasteiger partial charge in [-0.05, 0) is 49.6 Å². The summed E-state index contributed by atoms with van der Waals surface area (Å²) in [7, 11) is -4.03. The van der Waals surface area contributed by atoms with E-state index < -0.39 is 15.1 Å². The Bertz CT molecular complexity index is 1200. The predicted octanol–water partition coefficient (Wildman–Crippen LogP) is 4.31. The molecule has 0 unspecified atom stereocenters. The molecule has 1 aromatic heterocycles. The third kappa shape index (κ3) is 3.78. The van der Waals surface area contributed by atoms with Crippen LogP contribution in [0, 0.1) is 11.3 Å². The van der Waals surface area contributed by atoms with Crippen molar-refractivity contribution in [1.82, 2.24) is 9.97 Å². The molecule has 0 amide bonds. The Balaban J connectivity index is 1.91. The molecule has 0 N–H and O–H groups in total.